The summed E-state index contributed by atoms with van der Waals surface area (Å²) in [7, 11) is 1.12. The molecule has 3 N–H and O–H groups in total. The zero-order chi connectivity index (χ0) is 13.7. The lowest BCUT2D eigenvalue weighted by Gasteiger charge is -2.08. The minimum absolute atomic E-state index is 0.358. The first-order valence-electron chi connectivity index (χ1n) is 4.86. The van der Waals surface area contributed by atoms with Gasteiger partial charge in [-0.1, -0.05) is 11.6 Å². The average molecular weight is 271 g/mol. The molecule has 0 heterocycles. The molecule has 7 heteroatoms. The maximum absolute atomic E-state index is 11.4. The van der Waals surface area contributed by atoms with Gasteiger partial charge in [-0.2, -0.15) is 0 Å². The summed E-state index contributed by atoms with van der Waals surface area (Å²) in [6, 6.07) is 4.62. The van der Waals surface area contributed by atoms with Crippen LogP contribution in [0, 0.1) is 0 Å². The Morgan fingerprint density at radius 3 is 2.39 bits per heavy atom. The predicted octanol–water partition coefficient (Wildman–Crippen LogP) is 0.997. The summed E-state index contributed by atoms with van der Waals surface area (Å²) < 4.78 is 4.44. The Bertz CT molecular complexity index is 484. The second-order valence-electron chi connectivity index (χ2n) is 3.28. The Balaban J connectivity index is 3.13. The van der Waals surface area contributed by atoms with Crippen molar-refractivity contribution < 1.29 is 19.4 Å². The molecular formula is C11H11ClN2O4. The van der Waals surface area contributed by atoms with Crippen LogP contribution in [0.1, 0.15) is 0 Å². The highest BCUT2D eigenvalue weighted by atomic mass is 35.5. The molecule has 1 unspecified atom stereocenters. The highest BCUT2D eigenvalue weighted by molar-refractivity contribution is 6.42. The Hall–Kier alpha value is -1.92. The quantitative estimate of drug-likeness (QED) is 0.628. The van der Waals surface area contributed by atoms with Crippen LogP contribution in [0.4, 0.5) is 5.69 Å². The molecule has 0 aliphatic heterocycles. The van der Waals surface area contributed by atoms with Crippen molar-refractivity contribution in [2.45, 2.75) is 6.04 Å². The van der Waals surface area contributed by atoms with E-state index in [1.54, 1.807) is 12.1 Å². The van der Waals surface area contributed by atoms with Crippen molar-refractivity contribution in [2.24, 2.45) is 10.7 Å². The van der Waals surface area contributed by atoms with Crippen molar-refractivity contribution in [3.8, 4) is 0 Å². The van der Waals surface area contributed by atoms with Crippen molar-refractivity contribution in [2.75, 3.05) is 7.11 Å². The van der Waals surface area contributed by atoms with Gasteiger partial charge in [0.2, 0.25) is 0 Å². The molecule has 0 aliphatic rings. The van der Waals surface area contributed by atoms with Crippen LogP contribution in [-0.2, 0) is 14.3 Å². The van der Waals surface area contributed by atoms with Gasteiger partial charge in [0.1, 0.15) is 0 Å². The number of ether oxygens (including phenoxy) is 1. The molecule has 1 aromatic rings. The standard InChI is InChI=1S/C11H11ClN2O4/c1-18-11(17)9(8(13)10(15)16)14-7-4-2-6(12)3-5-7/h2-5,8H,13H2,1H3,(H,15,16). The van der Waals surface area contributed by atoms with Crippen LogP contribution in [-0.4, -0.2) is 35.9 Å². The molecule has 6 nitrogen and oxygen atoms in total. The number of benzene rings is 1. The maximum atomic E-state index is 11.4. The van der Waals surface area contributed by atoms with Crippen LogP contribution in [0.3, 0.4) is 0 Å². The van der Waals surface area contributed by atoms with Gasteiger partial charge in [0.25, 0.3) is 0 Å². The number of halogens is 1. The maximum Gasteiger partial charge on any atom is 0.354 e. The molecule has 0 amide bonds. The van der Waals surface area contributed by atoms with E-state index in [0.717, 1.165) is 7.11 Å². The van der Waals surface area contributed by atoms with E-state index in [2.05, 4.69) is 9.73 Å². The van der Waals surface area contributed by atoms with E-state index in [4.69, 9.17) is 22.4 Å². The van der Waals surface area contributed by atoms with Crippen LogP contribution >= 0.6 is 11.6 Å². The van der Waals surface area contributed by atoms with Crippen molar-refractivity contribution in [3.05, 3.63) is 29.3 Å². The third-order valence-electron chi connectivity index (χ3n) is 2.03. The summed E-state index contributed by atoms with van der Waals surface area (Å²) in [5, 5.41) is 9.28. The largest absolute Gasteiger partial charge is 0.480 e. The predicted molar refractivity (Wildman–Crippen MR) is 66.2 cm³/mol. The molecule has 0 saturated heterocycles. The first-order valence-corrected chi connectivity index (χ1v) is 5.24. The molecule has 0 bridgehead atoms. The van der Waals surface area contributed by atoms with E-state index in [1.807, 2.05) is 0 Å². The number of hydrogen-bond acceptors (Lipinski definition) is 5. The van der Waals surface area contributed by atoms with Crippen LogP contribution in [0.5, 0.6) is 0 Å². The van der Waals surface area contributed by atoms with E-state index >= 15 is 0 Å². The molecule has 0 aliphatic carbocycles. The van der Waals surface area contributed by atoms with Crippen LogP contribution in [0.25, 0.3) is 0 Å². The molecule has 0 fully saturated rings. The number of esters is 1. The zero-order valence-corrected chi connectivity index (χ0v) is 10.2. The summed E-state index contributed by atoms with van der Waals surface area (Å²) in [4.78, 5) is 26.0. The van der Waals surface area contributed by atoms with Gasteiger partial charge in [0.05, 0.1) is 12.8 Å². The fourth-order valence-corrected chi connectivity index (χ4v) is 1.24. The monoisotopic (exact) mass is 270 g/mol. The number of hydrogen-bond donors (Lipinski definition) is 2. The fraction of sp³-hybridized carbons (Fsp3) is 0.182. The van der Waals surface area contributed by atoms with E-state index in [-0.39, 0.29) is 5.71 Å². The van der Waals surface area contributed by atoms with Crippen molar-refractivity contribution in [3.63, 3.8) is 0 Å². The molecule has 0 spiro atoms. The number of rotatable bonds is 4. The minimum Gasteiger partial charge on any atom is -0.480 e. The number of carboxylic acids is 1. The van der Waals surface area contributed by atoms with Gasteiger partial charge in [0, 0.05) is 5.02 Å². The number of carbonyl (C=O) groups is 2. The SMILES string of the molecule is COC(=O)C(=Nc1ccc(Cl)cc1)C(N)C(=O)O. The van der Waals surface area contributed by atoms with E-state index in [1.165, 1.54) is 12.1 Å². The molecule has 18 heavy (non-hydrogen) atoms. The Labute approximate surface area is 108 Å². The number of carbonyl (C=O) groups excluding carboxylic acids is 1. The number of carboxylic acid groups (broad SMARTS) is 1. The van der Waals surface area contributed by atoms with Gasteiger partial charge in [-0.15, -0.1) is 0 Å². The molecule has 96 valence electrons. The third-order valence-corrected chi connectivity index (χ3v) is 2.28. The second kappa shape index (κ2) is 6.13. The molecule has 0 radical (unpaired) electrons. The van der Waals surface area contributed by atoms with Gasteiger partial charge < -0.3 is 15.6 Å². The Morgan fingerprint density at radius 2 is 1.94 bits per heavy atom. The van der Waals surface area contributed by atoms with E-state index in [0.29, 0.717) is 10.7 Å². The lowest BCUT2D eigenvalue weighted by atomic mass is 10.2. The minimum atomic E-state index is -1.55. The summed E-state index contributed by atoms with van der Waals surface area (Å²) >= 11 is 5.69. The number of aliphatic imine (C=N–C) groups is 1. The van der Waals surface area contributed by atoms with Crippen LogP contribution < -0.4 is 5.73 Å². The molecular weight excluding hydrogens is 260 g/mol. The average Bonchev–Trinajstić information content (AvgIpc) is 2.36. The number of nitrogens with two attached hydrogens (primary N) is 1. The summed E-state index contributed by atoms with van der Waals surface area (Å²) in [6.45, 7) is 0. The van der Waals surface area contributed by atoms with Gasteiger partial charge >= 0.3 is 11.9 Å². The molecule has 0 saturated carbocycles. The lowest BCUT2D eigenvalue weighted by molar-refractivity contribution is -0.139. The van der Waals surface area contributed by atoms with Gasteiger partial charge in [-0.25, -0.2) is 9.79 Å². The molecule has 0 aromatic heterocycles. The summed E-state index contributed by atoms with van der Waals surface area (Å²) in [5.74, 6) is -2.26. The number of methoxy groups -OCH3 is 1. The molecule has 1 rings (SSSR count). The highest BCUT2D eigenvalue weighted by Gasteiger charge is 2.26. The van der Waals surface area contributed by atoms with Crippen molar-refractivity contribution in [1.29, 1.82) is 0 Å². The first-order chi connectivity index (χ1) is 8.45. The third kappa shape index (κ3) is 3.54. The van der Waals surface area contributed by atoms with Gasteiger partial charge in [0.15, 0.2) is 11.8 Å². The second-order valence-corrected chi connectivity index (χ2v) is 3.72. The van der Waals surface area contributed by atoms with E-state index in [9.17, 15) is 9.59 Å². The highest BCUT2D eigenvalue weighted by Crippen LogP contribution is 2.17. The van der Waals surface area contributed by atoms with Crippen LogP contribution in [0.15, 0.2) is 29.3 Å². The number of nitrogens with zero attached hydrogens (tertiary/aromatic N) is 1. The molecule has 1 aromatic carbocycles. The normalized spacial score (nSPS) is 12.9. The van der Waals surface area contributed by atoms with Gasteiger partial charge in [-0.05, 0) is 24.3 Å². The lowest BCUT2D eigenvalue weighted by Crippen LogP contribution is -2.43. The summed E-state index contributed by atoms with van der Waals surface area (Å²) in [6.07, 6.45) is 0. The first kappa shape index (κ1) is 14.1. The fourth-order valence-electron chi connectivity index (χ4n) is 1.12. The zero-order valence-electron chi connectivity index (χ0n) is 9.46. The topological polar surface area (TPSA) is 102 Å². The van der Waals surface area contributed by atoms with Crippen LogP contribution in [0.2, 0.25) is 5.02 Å². The van der Waals surface area contributed by atoms with Gasteiger partial charge in [-0.3, -0.25) is 4.79 Å². The molecule has 1 atom stereocenters. The van der Waals surface area contributed by atoms with E-state index < -0.39 is 18.0 Å². The Morgan fingerprint density at radius 1 is 1.39 bits per heavy atom. The number of aliphatic carboxylic acids is 1. The Kier molecular flexibility index (Phi) is 4.82. The summed E-state index contributed by atoms with van der Waals surface area (Å²) in [5.41, 5.74) is 5.33. The van der Waals surface area contributed by atoms with Crippen molar-refractivity contribution in [1.82, 2.24) is 0 Å². The smallest absolute Gasteiger partial charge is 0.354 e. The van der Waals surface area contributed by atoms with Crippen molar-refractivity contribution >= 4 is 34.9 Å².